The molecule has 7 heteroatoms. The average molecular weight is 488 g/mol. The molecule has 0 unspecified atom stereocenters. The van der Waals surface area contributed by atoms with Crippen LogP contribution in [0.25, 0.3) is 11.0 Å². The van der Waals surface area contributed by atoms with Crippen LogP contribution >= 0.6 is 0 Å². The van der Waals surface area contributed by atoms with Crippen LogP contribution in [-0.2, 0) is 24.2 Å². The van der Waals surface area contributed by atoms with Crippen LogP contribution < -0.4 is 19.5 Å². The largest absolute Gasteiger partial charge is 0.493 e. The van der Waals surface area contributed by atoms with Gasteiger partial charge in [-0.1, -0.05) is 36.4 Å². The van der Waals surface area contributed by atoms with Crippen molar-refractivity contribution in [3.63, 3.8) is 0 Å². The predicted octanol–water partition coefficient (Wildman–Crippen LogP) is 4.73. The van der Waals surface area contributed by atoms with Crippen LogP contribution in [0, 0.1) is 6.92 Å². The Morgan fingerprint density at radius 3 is 2.53 bits per heavy atom. The minimum absolute atomic E-state index is 0.0256. The van der Waals surface area contributed by atoms with Crippen molar-refractivity contribution in [1.82, 2.24) is 14.9 Å². The molecule has 1 heterocycles. The summed E-state index contributed by atoms with van der Waals surface area (Å²) in [6.45, 7) is 3.89. The first-order valence-electron chi connectivity index (χ1n) is 12.2. The smallest absolute Gasteiger partial charge is 0.224 e. The van der Waals surface area contributed by atoms with Gasteiger partial charge >= 0.3 is 0 Å². The van der Waals surface area contributed by atoms with E-state index in [4.69, 9.17) is 19.2 Å². The Balaban J connectivity index is 1.32. The molecule has 0 aliphatic heterocycles. The number of benzene rings is 3. The minimum atomic E-state index is -0.0256. The molecule has 1 amide bonds. The molecule has 0 saturated heterocycles. The first kappa shape index (κ1) is 25.1. The lowest BCUT2D eigenvalue weighted by atomic mass is 10.1. The molecule has 0 aliphatic carbocycles. The summed E-state index contributed by atoms with van der Waals surface area (Å²) in [5.74, 6) is 3.14. The Morgan fingerprint density at radius 2 is 1.72 bits per heavy atom. The lowest BCUT2D eigenvalue weighted by Gasteiger charge is -2.12. The van der Waals surface area contributed by atoms with Crippen molar-refractivity contribution in [2.75, 3.05) is 27.4 Å². The Kier molecular flexibility index (Phi) is 8.44. The van der Waals surface area contributed by atoms with Gasteiger partial charge in [-0.15, -0.1) is 0 Å². The third kappa shape index (κ3) is 6.16. The Morgan fingerprint density at radius 1 is 0.944 bits per heavy atom. The van der Waals surface area contributed by atoms with Crippen molar-refractivity contribution < 1.29 is 19.0 Å². The molecule has 0 atom stereocenters. The number of hydrogen-bond donors (Lipinski definition) is 1. The second-order valence-corrected chi connectivity index (χ2v) is 8.60. The first-order chi connectivity index (χ1) is 17.6. The summed E-state index contributed by atoms with van der Waals surface area (Å²) in [6, 6.07) is 21.7. The topological polar surface area (TPSA) is 74.6 Å². The summed E-state index contributed by atoms with van der Waals surface area (Å²) in [6.07, 6.45) is 1.84. The van der Waals surface area contributed by atoms with Crippen molar-refractivity contribution in [2.45, 2.75) is 32.7 Å². The van der Waals surface area contributed by atoms with E-state index in [0.29, 0.717) is 31.2 Å². The second kappa shape index (κ2) is 12.1. The third-order valence-corrected chi connectivity index (χ3v) is 6.11. The molecule has 188 valence electrons. The fraction of sp³-hybridized carbons (Fsp3) is 0.310. The van der Waals surface area contributed by atoms with Crippen molar-refractivity contribution in [2.24, 2.45) is 0 Å². The van der Waals surface area contributed by atoms with E-state index in [2.05, 4.69) is 16.0 Å². The predicted molar refractivity (Wildman–Crippen MR) is 141 cm³/mol. The van der Waals surface area contributed by atoms with Gasteiger partial charge in [0.25, 0.3) is 0 Å². The van der Waals surface area contributed by atoms with Gasteiger partial charge in [-0.2, -0.15) is 0 Å². The number of ether oxygens (including phenoxy) is 3. The molecule has 3 aromatic carbocycles. The van der Waals surface area contributed by atoms with Gasteiger partial charge in [0.2, 0.25) is 5.91 Å². The third-order valence-electron chi connectivity index (χ3n) is 6.11. The van der Waals surface area contributed by atoms with E-state index in [1.165, 1.54) is 0 Å². The number of amides is 1. The lowest BCUT2D eigenvalue weighted by molar-refractivity contribution is -0.120. The zero-order valence-electron chi connectivity index (χ0n) is 21.1. The Labute approximate surface area is 212 Å². The fourth-order valence-electron chi connectivity index (χ4n) is 4.24. The highest BCUT2D eigenvalue weighted by atomic mass is 16.5. The molecule has 0 spiro atoms. The van der Waals surface area contributed by atoms with E-state index in [1.54, 1.807) is 14.2 Å². The summed E-state index contributed by atoms with van der Waals surface area (Å²) in [7, 11) is 3.18. The number of carbonyl (C=O) groups excluding carboxylic acids is 1. The number of imidazole rings is 1. The van der Waals surface area contributed by atoms with Gasteiger partial charge in [-0.3, -0.25) is 4.79 Å². The highest BCUT2D eigenvalue weighted by Gasteiger charge is 2.12. The summed E-state index contributed by atoms with van der Waals surface area (Å²) in [5, 5.41) is 3.02. The average Bonchev–Trinajstić information content (AvgIpc) is 3.25. The maximum absolute atomic E-state index is 12.5. The fourth-order valence-corrected chi connectivity index (χ4v) is 4.24. The molecular weight excluding hydrogens is 454 g/mol. The zero-order valence-corrected chi connectivity index (χ0v) is 21.1. The van der Waals surface area contributed by atoms with Gasteiger partial charge in [0, 0.05) is 13.0 Å². The number of methoxy groups -OCH3 is 2. The highest BCUT2D eigenvalue weighted by molar-refractivity contribution is 5.79. The zero-order chi connectivity index (χ0) is 25.3. The van der Waals surface area contributed by atoms with Gasteiger partial charge in [0.15, 0.2) is 11.5 Å². The quantitative estimate of drug-likeness (QED) is 0.293. The SMILES string of the molecule is COc1ccc(CC(=O)NCCCc2nc3ccccc3n2CCOc2ccccc2C)cc1OC. The van der Waals surface area contributed by atoms with E-state index >= 15 is 0 Å². The molecular formula is C29H33N3O4. The molecule has 4 rings (SSSR count). The normalized spacial score (nSPS) is 10.9. The van der Waals surface area contributed by atoms with Crippen LogP contribution in [0.3, 0.4) is 0 Å². The number of rotatable bonds is 12. The van der Waals surface area contributed by atoms with Crippen LogP contribution in [0.2, 0.25) is 0 Å². The van der Waals surface area contributed by atoms with Crippen LogP contribution in [0.5, 0.6) is 17.2 Å². The highest BCUT2D eigenvalue weighted by Crippen LogP contribution is 2.27. The first-order valence-corrected chi connectivity index (χ1v) is 12.2. The molecule has 36 heavy (non-hydrogen) atoms. The van der Waals surface area contributed by atoms with Crippen molar-refractivity contribution in [3.05, 3.63) is 83.7 Å². The Bertz CT molecular complexity index is 1320. The summed E-state index contributed by atoms with van der Waals surface area (Å²) in [4.78, 5) is 17.3. The summed E-state index contributed by atoms with van der Waals surface area (Å²) < 4.78 is 18.8. The van der Waals surface area contributed by atoms with Crippen molar-refractivity contribution >= 4 is 16.9 Å². The van der Waals surface area contributed by atoms with Crippen LogP contribution in [0.4, 0.5) is 0 Å². The number of fused-ring (bicyclic) bond motifs is 1. The summed E-state index contributed by atoms with van der Waals surface area (Å²) in [5.41, 5.74) is 4.07. The number of para-hydroxylation sites is 3. The molecule has 0 fully saturated rings. The second-order valence-electron chi connectivity index (χ2n) is 8.60. The lowest BCUT2D eigenvalue weighted by Crippen LogP contribution is -2.26. The van der Waals surface area contributed by atoms with Gasteiger partial charge in [-0.25, -0.2) is 4.98 Å². The van der Waals surface area contributed by atoms with E-state index < -0.39 is 0 Å². The molecule has 7 nitrogen and oxygen atoms in total. The molecule has 0 radical (unpaired) electrons. The number of aryl methyl sites for hydroxylation is 2. The van der Waals surface area contributed by atoms with E-state index in [-0.39, 0.29) is 12.3 Å². The van der Waals surface area contributed by atoms with E-state index in [1.807, 2.05) is 67.6 Å². The van der Waals surface area contributed by atoms with Crippen molar-refractivity contribution in [1.29, 1.82) is 0 Å². The number of nitrogens with zero attached hydrogens (tertiary/aromatic N) is 2. The molecule has 0 saturated carbocycles. The minimum Gasteiger partial charge on any atom is -0.493 e. The maximum Gasteiger partial charge on any atom is 0.224 e. The number of aromatic nitrogens is 2. The Hall–Kier alpha value is -4.00. The molecule has 0 aliphatic rings. The number of nitrogens with one attached hydrogen (secondary N) is 1. The van der Waals surface area contributed by atoms with Crippen LogP contribution in [0.1, 0.15) is 23.4 Å². The standard InChI is InChI=1S/C29H33N3O4/c1-21-9-4-7-12-25(21)36-18-17-32-24-11-6-5-10-23(24)31-28(32)13-8-16-30-29(33)20-22-14-15-26(34-2)27(19-22)35-3/h4-7,9-12,14-15,19H,8,13,16-18,20H2,1-3H3,(H,30,33). The van der Waals surface area contributed by atoms with Crippen molar-refractivity contribution in [3.8, 4) is 17.2 Å². The summed E-state index contributed by atoms with van der Waals surface area (Å²) >= 11 is 0. The van der Waals surface area contributed by atoms with Crippen LogP contribution in [-0.4, -0.2) is 42.8 Å². The molecule has 1 aromatic heterocycles. The van der Waals surface area contributed by atoms with Gasteiger partial charge in [0.1, 0.15) is 18.2 Å². The van der Waals surface area contributed by atoms with Crippen LogP contribution in [0.15, 0.2) is 66.7 Å². The van der Waals surface area contributed by atoms with Gasteiger partial charge < -0.3 is 24.1 Å². The molecule has 4 aromatic rings. The maximum atomic E-state index is 12.5. The van der Waals surface area contributed by atoms with E-state index in [9.17, 15) is 4.79 Å². The van der Waals surface area contributed by atoms with Gasteiger partial charge in [0.05, 0.1) is 38.2 Å². The monoisotopic (exact) mass is 487 g/mol. The number of carbonyl (C=O) groups is 1. The number of hydrogen-bond acceptors (Lipinski definition) is 5. The molecule has 1 N–H and O–H groups in total. The molecule has 0 bridgehead atoms. The van der Waals surface area contributed by atoms with Gasteiger partial charge in [-0.05, 0) is 54.8 Å². The van der Waals surface area contributed by atoms with E-state index in [0.717, 1.165) is 46.6 Å².